The Balaban J connectivity index is 2.81. The zero-order valence-electron chi connectivity index (χ0n) is 9.94. The number of hydrogen-bond donors (Lipinski definition) is 1. The summed E-state index contributed by atoms with van der Waals surface area (Å²) in [5.41, 5.74) is 0.650. The molecule has 94 valence electrons. The normalized spacial score (nSPS) is 10.8. The molecule has 4 nitrogen and oxygen atoms in total. The summed E-state index contributed by atoms with van der Waals surface area (Å²) < 4.78 is 4.80. The molecule has 0 saturated carbocycles. The molecule has 0 heterocycles. The van der Waals surface area contributed by atoms with Crippen LogP contribution >= 0.6 is 11.6 Å². The van der Waals surface area contributed by atoms with E-state index in [-0.39, 0.29) is 5.57 Å². The van der Waals surface area contributed by atoms with Gasteiger partial charge >= 0.3 is 0 Å². The smallest absolute Gasteiger partial charge is 0.262 e. The third-order valence-electron chi connectivity index (χ3n) is 2.16. The molecule has 0 atom stereocenters. The Morgan fingerprint density at radius 2 is 2.28 bits per heavy atom. The summed E-state index contributed by atoms with van der Waals surface area (Å²) in [5, 5.41) is 12.0. The SMILES string of the molecule is COCCNC(=O)/C(C#N)=C/c1ccccc1Cl. The second-order valence-electron chi connectivity index (χ2n) is 3.44. The van der Waals surface area contributed by atoms with Crippen molar-refractivity contribution < 1.29 is 9.53 Å². The molecular formula is C13H13ClN2O2. The maximum absolute atomic E-state index is 11.7. The summed E-state index contributed by atoms with van der Waals surface area (Å²) in [4.78, 5) is 11.7. The van der Waals surface area contributed by atoms with Crippen molar-refractivity contribution >= 4 is 23.6 Å². The fraction of sp³-hybridized carbons (Fsp3) is 0.231. The second kappa shape index (κ2) is 7.49. The van der Waals surface area contributed by atoms with E-state index in [2.05, 4.69) is 5.32 Å². The molecule has 0 spiro atoms. The van der Waals surface area contributed by atoms with Crippen LogP contribution in [0.1, 0.15) is 5.56 Å². The first kappa shape index (κ1) is 14.2. The average molecular weight is 265 g/mol. The van der Waals surface area contributed by atoms with Gasteiger partial charge in [-0.15, -0.1) is 0 Å². The van der Waals surface area contributed by atoms with E-state index in [4.69, 9.17) is 21.6 Å². The molecule has 0 aliphatic heterocycles. The minimum atomic E-state index is -0.436. The predicted octanol–water partition coefficient (Wildman–Crippen LogP) is 2.01. The van der Waals surface area contributed by atoms with Crippen molar-refractivity contribution in [2.45, 2.75) is 0 Å². The topological polar surface area (TPSA) is 62.1 Å². The predicted molar refractivity (Wildman–Crippen MR) is 69.9 cm³/mol. The highest BCUT2D eigenvalue weighted by atomic mass is 35.5. The third kappa shape index (κ3) is 4.21. The van der Waals surface area contributed by atoms with E-state index < -0.39 is 5.91 Å². The molecule has 0 fully saturated rings. The summed E-state index contributed by atoms with van der Waals surface area (Å²) in [6.07, 6.45) is 1.46. The summed E-state index contributed by atoms with van der Waals surface area (Å²) in [7, 11) is 1.54. The molecule has 1 rings (SSSR count). The van der Waals surface area contributed by atoms with Crippen LogP contribution < -0.4 is 5.32 Å². The number of methoxy groups -OCH3 is 1. The fourth-order valence-corrected chi connectivity index (χ4v) is 1.45. The van der Waals surface area contributed by atoms with Gasteiger partial charge in [0.25, 0.3) is 5.91 Å². The molecule has 1 aromatic carbocycles. The quantitative estimate of drug-likeness (QED) is 0.503. The highest BCUT2D eigenvalue weighted by Crippen LogP contribution is 2.17. The molecule has 1 amide bonds. The molecule has 0 aliphatic rings. The first-order chi connectivity index (χ1) is 8.69. The largest absolute Gasteiger partial charge is 0.383 e. The summed E-state index contributed by atoms with van der Waals surface area (Å²) in [6.45, 7) is 0.757. The van der Waals surface area contributed by atoms with Gasteiger partial charge < -0.3 is 10.1 Å². The molecule has 1 N–H and O–H groups in total. The van der Waals surface area contributed by atoms with Crippen molar-refractivity contribution in [1.82, 2.24) is 5.32 Å². The number of benzene rings is 1. The Morgan fingerprint density at radius 1 is 1.56 bits per heavy atom. The Morgan fingerprint density at radius 3 is 2.89 bits per heavy atom. The van der Waals surface area contributed by atoms with E-state index in [0.29, 0.717) is 23.7 Å². The van der Waals surface area contributed by atoms with Crippen molar-refractivity contribution in [2.24, 2.45) is 0 Å². The lowest BCUT2D eigenvalue weighted by molar-refractivity contribution is -0.117. The van der Waals surface area contributed by atoms with Crippen molar-refractivity contribution in [2.75, 3.05) is 20.3 Å². The Kier molecular flexibility index (Phi) is 5.92. The zero-order chi connectivity index (χ0) is 13.4. The molecule has 0 saturated heterocycles. The van der Waals surface area contributed by atoms with E-state index in [1.54, 1.807) is 24.3 Å². The van der Waals surface area contributed by atoms with Crippen LogP contribution in [0.25, 0.3) is 6.08 Å². The van der Waals surface area contributed by atoms with Gasteiger partial charge in [0.2, 0.25) is 0 Å². The first-order valence-electron chi connectivity index (χ1n) is 5.32. The van der Waals surface area contributed by atoms with Crippen LogP contribution in [0, 0.1) is 11.3 Å². The third-order valence-corrected chi connectivity index (χ3v) is 2.51. The van der Waals surface area contributed by atoms with Gasteiger partial charge in [0.1, 0.15) is 11.6 Å². The van der Waals surface area contributed by atoms with E-state index >= 15 is 0 Å². The Hall–Kier alpha value is -1.83. The van der Waals surface area contributed by atoms with Gasteiger partial charge in [-0.1, -0.05) is 29.8 Å². The van der Waals surface area contributed by atoms with E-state index in [0.717, 1.165) is 0 Å². The van der Waals surface area contributed by atoms with E-state index in [1.807, 2.05) is 6.07 Å². The van der Waals surface area contributed by atoms with E-state index in [9.17, 15) is 4.79 Å². The van der Waals surface area contributed by atoms with Crippen LogP contribution in [0.2, 0.25) is 5.02 Å². The number of rotatable bonds is 5. The number of halogens is 1. The van der Waals surface area contributed by atoms with Crippen molar-refractivity contribution in [1.29, 1.82) is 5.26 Å². The number of carbonyl (C=O) groups excluding carboxylic acids is 1. The molecule has 0 unspecified atom stereocenters. The second-order valence-corrected chi connectivity index (χ2v) is 3.85. The minimum Gasteiger partial charge on any atom is -0.383 e. The van der Waals surface area contributed by atoms with Gasteiger partial charge in [-0.05, 0) is 17.7 Å². The average Bonchev–Trinajstić information content (AvgIpc) is 2.38. The Labute approximate surface area is 111 Å². The number of nitrogens with one attached hydrogen (secondary N) is 1. The number of hydrogen-bond acceptors (Lipinski definition) is 3. The number of nitriles is 1. The van der Waals surface area contributed by atoms with E-state index in [1.165, 1.54) is 13.2 Å². The lowest BCUT2D eigenvalue weighted by Gasteiger charge is -2.03. The molecule has 1 aromatic rings. The lowest BCUT2D eigenvalue weighted by atomic mass is 10.1. The summed E-state index contributed by atoms with van der Waals surface area (Å²) in [5.74, 6) is -0.436. The standard InChI is InChI=1S/C13H13ClN2O2/c1-18-7-6-16-13(17)11(9-15)8-10-4-2-3-5-12(10)14/h2-5,8H,6-7H2,1H3,(H,16,17)/b11-8+. The van der Waals surface area contributed by atoms with Gasteiger partial charge in [-0.2, -0.15) is 5.26 Å². The van der Waals surface area contributed by atoms with Gasteiger partial charge in [0, 0.05) is 18.7 Å². The van der Waals surface area contributed by atoms with Crippen LogP contribution in [0.3, 0.4) is 0 Å². The molecule has 5 heteroatoms. The van der Waals surface area contributed by atoms with Gasteiger partial charge in [-0.25, -0.2) is 0 Å². The van der Waals surface area contributed by atoms with Crippen LogP contribution in [0.5, 0.6) is 0 Å². The van der Waals surface area contributed by atoms with Gasteiger partial charge in [0.15, 0.2) is 0 Å². The molecule has 0 aliphatic carbocycles. The molecule has 0 aromatic heterocycles. The molecular weight excluding hydrogens is 252 g/mol. The molecule has 0 bridgehead atoms. The summed E-state index contributed by atoms with van der Waals surface area (Å²) >= 11 is 5.95. The number of nitrogens with zero attached hydrogens (tertiary/aromatic N) is 1. The van der Waals surface area contributed by atoms with Crippen LogP contribution in [0.4, 0.5) is 0 Å². The number of carbonyl (C=O) groups is 1. The number of ether oxygens (including phenoxy) is 1. The first-order valence-corrected chi connectivity index (χ1v) is 5.70. The fourth-order valence-electron chi connectivity index (χ4n) is 1.26. The highest BCUT2D eigenvalue weighted by molar-refractivity contribution is 6.32. The van der Waals surface area contributed by atoms with Crippen molar-refractivity contribution in [3.63, 3.8) is 0 Å². The monoisotopic (exact) mass is 264 g/mol. The molecule has 0 radical (unpaired) electrons. The van der Waals surface area contributed by atoms with Crippen LogP contribution in [0.15, 0.2) is 29.8 Å². The van der Waals surface area contributed by atoms with Gasteiger partial charge in [0.05, 0.1) is 6.61 Å². The maximum Gasteiger partial charge on any atom is 0.262 e. The van der Waals surface area contributed by atoms with Gasteiger partial charge in [-0.3, -0.25) is 4.79 Å². The Bertz CT molecular complexity index is 492. The summed E-state index contributed by atoms with van der Waals surface area (Å²) in [6, 6.07) is 8.86. The zero-order valence-corrected chi connectivity index (χ0v) is 10.7. The minimum absolute atomic E-state index is 0.0132. The van der Waals surface area contributed by atoms with Crippen LogP contribution in [-0.4, -0.2) is 26.2 Å². The highest BCUT2D eigenvalue weighted by Gasteiger charge is 2.08. The number of amides is 1. The van der Waals surface area contributed by atoms with Crippen LogP contribution in [-0.2, 0) is 9.53 Å². The maximum atomic E-state index is 11.7. The molecule has 18 heavy (non-hydrogen) atoms. The lowest BCUT2D eigenvalue weighted by Crippen LogP contribution is -2.27. The van der Waals surface area contributed by atoms with Crippen molar-refractivity contribution in [3.8, 4) is 6.07 Å². The van der Waals surface area contributed by atoms with Crippen molar-refractivity contribution in [3.05, 3.63) is 40.4 Å².